The van der Waals surface area contributed by atoms with Gasteiger partial charge in [0.15, 0.2) is 11.5 Å². The molecular formula is C28H27FN2O7S. The van der Waals surface area contributed by atoms with Crippen LogP contribution in [0.4, 0.5) is 4.39 Å². The van der Waals surface area contributed by atoms with Gasteiger partial charge in [-0.3, -0.25) is 14.4 Å². The molecule has 0 heterocycles. The molecule has 3 atom stereocenters. The smallest absolute Gasteiger partial charge is 0.317 e. The van der Waals surface area contributed by atoms with Gasteiger partial charge in [-0.15, -0.1) is 0 Å². The minimum atomic E-state index is -4.65. The van der Waals surface area contributed by atoms with E-state index < -0.39 is 57.2 Å². The fourth-order valence-electron chi connectivity index (χ4n) is 4.73. The number of esters is 1. The second-order valence-electron chi connectivity index (χ2n) is 9.23. The number of hydrogen-bond acceptors (Lipinski definition) is 7. The summed E-state index contributed by atoms with van der Waals surface area (Å²) in [4.78, 5) is 37.0. The van der Waals surface area contributed by atoms with Crippen molar-refractivity contribution in [1.29, 1.82) is 0 Å². The largest absolute Gasteiger partial charge is 0.481 e. The Kier molecular flexibility index (Phi) is 7.96. The molecule has 3 aromatic carbocycles. The van der Waals surface area contributed by atoms with Gasteiger partial charge in [-0.2, -0.15) is 4.72 Å². The molecule has 204 valence electrons. The number of carbonyl (C=O) groups is 3. The molecule has 9 nitrogen and oxygen atoms in total. The van der Waals surface area contributed by atoms with Crippen molar-refractivity contribution in [2.45, 2.75) is 37.0 Å². The van der Waals surface area contributed by atoms with E-state index in [2.05, 4.69) is 0 Å². The lowest BCUT2D eigenvalue weighted by Crippen LogP contribution is -2.55. The SMILES string of the molecule is CC(C1(F)c2ccccc2-c2ccccc21)S(=O)(=O)NC(N)C(=O)C(CC(=O)O)C(=O)OCc1ccccc1. The highest BCUT2D eigenvalue weighted by Gasteiger charge is 2.53. The van der Waals surface area contributed by atoms with E-state index in [9.17, 15) is 27.9 Å². The van der Waals surface area contributed by atoms with E-state index in [1.165, 1.54) is 12.1 Å². The first-order valence-corrected chi connectivity index (χ1v) is 13.6. The van der Waals surface area contributed by atoms with E-state index in [0.717, 1.165) is 6.92 Å². The van der Waals surface area contributed by atoms with Crippen molar-refractivity contribution in [3.63, 3.8) is 0 Å². The zero-order valence-electron chi connectivity index (χ0n) is 20.9. The van der Waals surface area contributed by atoms with Gasteiger partial charge >= 0.3 is 11.9 Å². The molecule has 0 amide bonds. The number of halogens is 1. The van der Waals surface area contributed by atoms with Crippen LogP contribution in [0.5, 0.6) is 0 Å². The third-order valence-electron chi connectivity index (χ3n) is 6.78. The van der Waals surface area contributed by atoms with Crippen LogP contribution < -0.4 is 10.5 Å². The van der Waals surface area contributed by atoms with Gasteiger partial charge < -0.3 is 15.6 Å². The average Bonchev–Trinajstić information content (AvgIpc) is 3.19. The van der Waals surface area contributed by atoms with E-state index in [4.69, 9.17) is 10.5 Å². The van der Waals surface area contributed by atoms with Crippen molar-refractivity contribution >= 4 is 27.7 Å². The van der Waals surface area contributed by atoms with Gasteiger partial charge in [-0.1, -0.05) is 78.9 Å². The normalized spacial score (nSPS) is 15.9. The molecule has 0 aromatic heterocycles. The molecule has 4 rings (SSSR count). The molecule has 11 heteroatoms. The van der Waals surface area contributed by atoms with Crippen LogP contribution in [0.15, 0.2) is 78.9 Å². The standard InChI is InChI=1S/C28H27FN2O7S/c1-17(28(29)22-13-7-5-11-19(22)20-12-6-8-14-23(20)28)39(36,37)31-26(30)25(34)21(15-24(32)33)27(35)38-16-18-9-3-2-4-10-18/h2-14,17,21,26,31H,15-16,30H2,1H3,(H,32,33). The second-order valence-corrected chi connectivity index (χ2v) is 11.3. The number of sulfonamides is 1. The number of ketones is 1. The fraction of sp³-hybridized carbons (Fsp3) is 0.250. The first-order chi connectivity index (χ1) is 18.5. The van der Waals surface area contributed by atoms with Gasteiger partial charge in [0.2, 0.25) is 10.0 Å². The van der Waals surface area contributed by atoms with Gasteiger partial charge in [0.05, 0.1) is 6.42 Å². The number of hydrogen-bond donors (Lipinski definition) is 3. The third kappa shape index (κ3) is 5.47. The number of nitrogens with one attached hydrogen (secondary N) is 1. The van der Waals surface area contributed by atoms with Crippen LogP contribution >= 0.6 is 0 Å². The van der Waals surface area contributed by atoms with Crippen molar-refractivity contribution < 1.29 is 37.0 Å². The molecule has 1 aliphatic carbocycles. The Morgan fingerprint density at radius 2 is 1.46 bits per heavy atom. The first kappa shape index (κ1) is 28.1. The Balaban J connectivity index is 1.55. The minimum Gasteiger partial charge on any atom is -0.481 e. The molecule has 0 bridgehead atoms. The number of carbonyl (C=O) groups excluding carboxylic acids is 2. The number of Topliss-reactive ketones (excluding diaryl/α,β-unsaturated/α-hetero) is 1. The van der Waals surface area contributed by atoms with Crippen molar-refractivity contribution in [2.24, 2.45) is 11.7 Å². The predicted octanol–water partition coefficient (Wildman–Crippen LogP) is 2.88. The van der Waals surface area contributed by atoms with Crippen LogP contribution in [-0.4, -0.2) is 42.7 Å². The summed E-state index contributed by atoms with van der Waals surface area (Å²) in [6.45, 7) is 0.922. The van der Waals surface area contributed by atoms with E-state index in [1.807, 2.05) is 4.72 Å². The quantitative estimate of drug-likeness (QED) is 0.186. The topological polar surface area (TPSA) is 153 Å². The number of carboxylic acids is 1. The van der Waals surface area contributed by atoms with Crippen LogP contribution in [0.25, 0.3) is 11.1 Å². The predicted molar refractivity (Wildman–Crippen MR) is 140 cm³/mol. The molecule has 0 saturated heterocycles. The van der Waals surface area contributed by atoms with Gasteiger partial charge in [0, 0.05) is 11.1 Å². The van der Waals surface area contributed by atoms with Crippen LogP contribution in [0, 0.1) is 5.92 Å². The Morgan fingerprint density at radius 1 is 0.949 bits per heavy atom. The zero-order chi connectivity index (χ0) is 28.4. The molecule has 0 aliphatic heterocycles. The lowest BCUT2D eigenvalue weighted by atomic mass is 9.90. The molecule has 0 fully saturated rings. The van der Waals surface area contributed by atoms with Gasteiger partial charge in [-0.05, 0) is 23.6 Å². The maximum Gasteiger partial charge on any atom is 0.317 e. The third-order valence-corrected chi connectivity index (χ3v) is 8.62. The van der Waals surface area contributed by atoms with Crippen molar-refractivity contribution in [1.82, 2.24) is 4.72 Å². The van der Waals surface area contributed by atoms with E-state index >= 15 is 4.39 Å². The monoisotopic (exact) mass is 554 g/mol. The first-order valence-electron chi connectivity index (χ1n) is 12.1. The summed E-state index contributed by atoms with van der Waals surface area (Å²) in [5.74, 6) is -5.76. The molecule has 3 unspecified atom stereocenters. The fourth-order valence-corrected chi connectivity index (χ4v) is 6.08. The number of carboxylic acid groups (broad SMARTS) is 1. The van der Waals surface area contributed by atoms with E-state index in [0.29, 0.717) is 16.7 Å². The average molecular weight is 555 g/mol. The summed E-state index contributed by atoms with van der Waals surface area (Å²) < 4.78 is 50.7. The molecule has 1 aliphatic rings. The lowest BCUT2D eigenvalue weighted by Gasteiger charge is -2.30. The zero-order valence-corrected chi connectivity index (χ0v) is 21.7. The van der Waals surface area contributed by atoms with Crippen LogP contribution in [0.1, 0.15) is 30.0 Å². The summed E-state index contributed by atoms with van der Waals surface area (Å²) in [6.07, 6.45) is -2.99. The summed E-state index contributed by atoms with van der Waals surface area (Å²) in [5.41, 5.74) is 5.33. The number of rotatable bonds is 11. The minimum absolute atomic E-state index is 0.150. The van der Waals surface area contributed by atoms with Crippen LogP contribution in [0.3, 0.4) is 0 Å². The molecule has 0 spiro atoms. The maximum atomic E-state index is 16.9. The molecule has 0 saturated carbocycles. The molecule has 4 N–H and O–H groups in total. The van der Waals surface area contributed by atoms with Crippen LogP contribution in [-0.2, 0) is 41.4 Å². The highest BCUT2D eigenvalue weighted by Crippen LogP contribution is 2.52. The summed E-state index contributed by atoms with van der Waals surface area (Å²) in [7, 11) is -4.65. The Bertz CT molecular complexity index is 1470. The van der Waals surface area contributed by atoms with Gasteiger partial charge in [0.1, 0.15) is 23.9 Å². The summed E-state index contributed by atoms with van der Waals surface area (Å²) >= 11 is 0. The second kappa shape index (κ2) is 11.0. The van der Waals surface area contributed by atoms with Gasteiger partial charge in [0.25, 0.3) is 0 Å². The Morgan fingerprint density at radius 3 is 2.00 bits per heavy atom. The van der Waals surface area contributed by atoms with E-state index in [-0.39, 0.29) is 17.7 Å². The number of nitrogens with two attached hydrogens (primary N) is 1. The summed E-state index contributed by atoms with van der Waals surface area (Å²) in [6, 6.07) is 21.5. The van der Waals surface area contributed by atoms with E-state index in [1.54, 1.807) is 66.7 Å². The highest BCUT2D eigenvalue weighted by atomic mass is 32.2. The summed E-state index contributed by atoms with van der Waals surface area (Å²) in [5, 5.41) is 7.49. The number of aliphatic carboxylic acids is 1. The molecule has 0 radical (unpaired) electrons. The number of ether oxygens (including phenoxy) is 1. The molecule has 39 heavy (non-hydrogen) atoms. The Hall–Kier alpha value is -3.93. The van der Waals surface area contributed by atoms with Crippen molar-refractivity contribution in [2.75, 3.05) is 0 Å². The molecular weight excluding hydrogens is 527 g/mol. The lowest BCUT2D eigenvalue weighted by molar-refractivity contribution is -0.157. The number of fused-ring (bicyclic) bond motifs is 3. The van der Waals surface area contributed by atoms with Crippen LogP contribution in [0.2, 0.25) is 0 Å². The van der Waals surface area contributed by atoms with Gasteiger partial charge in [-0.25, -0.2) is 12.8 Å². The number of alkyl halides is 1. The van der Waals surface area contributed by atoms with Crippen molar-refractivity contribution in [3.8, 4) is 11.1 Å². The highest BCUT2D eigenvalue weighted by molar-refractivity contribution is 7.90. The Labute approximate surface area is 224 Å². The number of benzene rings is 3. The molecule has 3 aromatic rings. The van der Waals surface area contributed by atoms with Crippen molar-refractivity contribution in [3.05, 3.63) is 95.6 Å². The maximum absolute atomic E-state index is 16.9.